The highest BCUT2D eigenvalue weighted by Crippen LogP contribution is 2.21. The molecule has 1 unspecified atom stereocenters. The Hall–Kier alpha value is -1.88. The van der Waals surface area contributed by atoms with Gasteiger partial charge in [0.2, 0.25) is 0 Å². The Bertz CT molecular complexity index is 603. The summed E-state index contributed by atoms with van der Waals surface area (Å²) in [5.74, 6) is -0.441. The van der Waals surface area contributed by atoms with Gasteiger partial charge in [-0.2, -0.15) is 0 Å². The Morgan fingerprint density at radius 1 is 1.43 bits per heavy atom. The van der Waals surface area contributed by atoms with Crippen molar-refractivity contribution < 1.29 is 14.3 Å². The second kappa shape index (κ2) is 7.22. The molecule has 0 aliphatic carbocycles. The average Bonchev–Trinajstić information content (AvgIpc) is 2.90. The molecule has 1 amide bonds. The van der Waals surface area contributed by atoms with Crippen LogP contribution in [0.2, 0.25) is 0 Å². The number of benzene rings is 1. The lowest BCUT2D eigenvalue weighted by atomic mass is 10.00. The van der Waals surface area contributed by atoms with Crippen LogP contribution in [0, 0.1) is 11.7 Å². The monoisotopic (exact) mass is 292 g/mol. The summed E-state index contributed by atoms with van der Waals surface area (Å²) in [6.45, 7) is 2.68. The molecule has 21 heavy (non-hydrogen) atoms. The van der Waals surface area contributed by atoms with Gasteiger partial charge in [-0.3, -0.25) is 4.79 Å². The van der Waals surface area contributed by atoms with Crippen LogP contribution in [0.1, 0.15) is 36.5 Å². The lowest BCUT2D eigenvalue weighted by Crippen LogP contribution is -2.29. The fourth-order valence-corrected chi connectivity index (χ4v) is 2.59. The Labute approximate surface area is 123 Å². The predicted octanol–water partition coefficient (Wildman–Crippen LogP) is 2.84. The number of carbonyl (C=O) groups excluding carboxylic acids is 1. The molecule has 0 radical (unpaired) electrons. The highest BCUT2D eigenvalue weighted by Gasteiger charge is 2.16. The number of aromatic amines is 1. The van der Waals surface area contributed by atoms with Gasteiger partial charge in [0.25, 0.3) is 5.91 Å². The highest BCUT2D eigenvalue weighted by molar-refractivity contribution is 6.06. The van der Waals surface area contributed by atoms with E-state index in [9.17, 15) is 9.18 Å². The van der Waals surface area contributed by atoms with Gasteiger partial charge in [-0.25, -0.2) is 4.39 Å². The highest BCUT2D eigenvalue weighted by atomic mass is 19.1. The van der Waals surface area contributed by atoms with Crippen molar-refractivity contribution in [3.63, 3.8) is 0 Å². The molecule has 3 N–H and O–H groups in total. The van der Waals surface area contributed by atoms with E-state index in [1.165, 1.54) is 12.3 Å². The van der Waals surface area contributed by atoms with E-state index in [0.29, 0.717) is 29.4 Å². The summed E-state index contributed by atoms with van der Waals surface area (Å²) in [5.41, 5.74) is 0.933. The maximum absolute atomic E-state index is 13.8. The van der Waals surface area contributed by atoms with Crippen molar-refractivity contribution in [3.8, 4) is 0 Å². The molecule has 1 atom stereocenters. The molecule has 0 aliphatic rings. The number of carbonyl (C=O) groups is 1. The van der Waals surface area contributed by atoms with E-state index in [1.54, 1.807) is 12.1 Å². The Morgan fingerprint density at radius 3 is 2.95 bits per heavy atom. The first-order chi connectivity index (χ1) is 10.2. The second-order valence-electron chi connectivity index (χ2n) is 5.24. The molecule has 1 heterocycles. The van der Waals surface area contributed by atoms with E-state index < -0.39 is 5.82 Å². The number of amides is 1. The number of nitrogens with one attached hydrogen (secondary N) is 2. The zero-order valence-corrected chi connectivity index (χ0v) is 12.2. The standard InChI is InChI=1S/C16H21FN2O2/c1-2-4-11(7-8-20)9-19-16(21)12-10-18-14-6-3-5-13(17)15(12)14/h3,5-6,10-11,18,20H,2,4,7-9H2,1H3,(H,19,21). The van der Waals surface area contributed by atoms with Crippen molar-refractivity contribution >= 4 is 16.8 Å². The smallest absolute Gasteiger partial charge is 0.253 e. The largest absolute Gasteiger partial charge is 0.396 e. The minimum atomic E-state index is -0.403. The zero-order valence-electron chi connectivity index (χ0n) is 12.2. The molecular weight excluding hydrogens is 271 g/mol. The number of fused-ring (bicyclic) bond motifs is 1. The third-order valence-electron chi connectivity index (χ3n) is 3.69. The number of rotatable bonds is 7. The Kier molecular flexibility index (Phi) is 5.33. The number of halogens is 1. The van der Waals surface area contributed by atoms with Gasteiger partial charge in [0, 0.05) is 30.3 Å². The van der Waals surface area contributed by atoms with Crippen LogP contribution in [0.5, 0.6) is 0 Å². The van der Waals surface area contributed by atoms with Crippen LogP contribution in [0.15, 0.2) is 24.4 Å². The summed E-state index contributed by atoms with van der Waals surface area (Å²) in [7, 11) is 0. The van der Waals surface area contributed by atoms with Crippen LogP contribution in [0.25, 0.3) is 10.9 Å². The average molecular weight is 292 g/mol. The van der Waals surface area contributed by atoms with E-state index in [4.69, 9.17) is 5.11 Å². The number of aromatic nitrogens is 1. The van der Waals surface area contributed by atoms with E-state index in [2.05, 4.69) is 17.2 Å². The SMILES string of the molecule is CCCC(CCO)CNC(=O)c1c[nH]c2cccc(F)c12. The van der Waals surface area contributed by atoms with Crippen molar-refractivity contribution in [2.24, 2.45) is 5.92 Å². The molecule has 2 rings (SSSR count). The summed E-state index contributed by atoms with van der Waals surface area (Å²) >= 11 is 0. The number of aliphatic hydroxyl groups excluding tert-OH is 1. The van der Waals surface area contributed by atoms with E-state index in [0.717, 1.165) is 12.8 Å². The van der Waals surface area contributed by atoms with Gasteiger partial charge in [0.05, 0.1) is 5.56 Å². The lowest BCUT2D eigenvalue weighted by molar-refractivity contribution is 0.0944. The van der Waals surface area contributed by atoms with E-state index in [1.807, 2.05) is 0 Å². The third-order valence-corrected chi connectivity index (χ3v) is 3.69. The lowest BCUT2D eigenvalue weighted by Gasteiger charge is -2.15. The molecule has 114 valence electrons. The molecule has 0 spiro atoms. The van der Waals surface area contributed by atoms with Crippen molar-refractivity contribution in [3.05, 3.63) is 35.8 Å². The van der Waals surface area contributed by atoms with Crippen LogP contribution in [-0.4, -0.2) is 29.1 Å². The zero-order chi connectivity index (χ0) is 15.2. The van der Waals surface area contributed by atoms with Crippen LogP contribution in [0.3, 0.4) is 0 Å². The fraction of sp³-hybridized carbons (Fsp3) is 0.438. The molecule has 0 saturated carbocycles. The summed E-state index contributed by atoms with van der Waals surface area (Å²) < 4.78 is 13.8. The molecule has 0 fully saturated rings. The molecular formula is C16H21FN2O2. The topological polar surface area (TPSA) is 65.1 Å². The molecule has 5 heteroatoms. The van der Waals surface area contributed by atoms with Crippen LogP contribution < -0.4 is 5.32 Å². The number of aliphatic hydroxyl groups is 1. The predicted molar refractivity (Wildman–Crippen MR) is 80.7 cm³/mol. The molecule has 2 aromatic rings. The van der Waals surface area contributed by atoms with Gasteiger partial charge in [-0.1, -0.05) is 19.4 Å². The third kappa shape index (κ3) is 3.61. The van der Waals surface area contributed by atoms with E-state index >= 15 is 0 Å². The van der Waals surface area contributed by atoms with Gasteiger partial charge in [0.15, 0.2) is 0 Å². The first kappa shape index (κ1) is 15.5. The number of hydrogen-bond acceptors (Lipinski definition) is 2. The summed E-state index contributed by atoms with van der Waals surface area (Å²) in [6, 6.07) is 4.69. The van der Waals surface area contributed by atoms with E-state index in [-0.39, 0.29) is 18.4 Å². The minimum Gasteiger partial charge on any atom is -0.396 e. The number of hydrogen-bond donors (Lipinski definition) is 3. The maximum Gasteiger partial charge on any atom is 0.253 e. The molecule has 0 saturated heterocycles. The van der Waals surface area contributed by atoms with Crippen molar-refractivity contribution in [2.75, 3.05) is 13.2 Å². The molecule has 0 bridgehead atoms. The Morgan fingerprint density at radius 2 is 2.24 bits per heavy atom. The maximum atomic E-state index is 13.8. The van der Waals surface area contributed by atoms with Crippen LogP contribution >= 0.6 is 0 Å². The van der Waals surface area contributed by atoms with Crippen LogP contribution in [-0.2, 0) is 0 Å². The molecule has 0 aliphatic heterocycles. The normalized spacial score (nSPS) is 12.5. The van der Waals surface area contributed by atoms with Gasteiger partial charge in [-0.05, 0) is 30.9 Å². The number of H-pyrrole nitrogens is 1. The Balaban J connectivity index is 2.08. The van der Waals surface area contributed by atoms with Crippen molar-refractivity contribution in [1.82, 2.24) is 10.3 Å². The summed E-state index contributed by atoms with van der Waals surface area (Å²) in [5, 5.41) is 12.2. The summed E-state index contributed by atoms with van der Waals surface area (Å²) in [6.07, 6.45) is 4.14. The van der Waals surface area contributed by atoms with Gasteiger partial charge in [-0.15, -0.1) is 0 Å². The fourth-order valence-electron chi connectivity index (χ4n) is 2.59. The first-order valence-corrected chi connectivity index (χ1v) is 7.32. The second-order valence-corrected chi connectivity index (χ2v) is 5.24. The van der Waals surface area contributed by atoms with Crippen LogP contribution in [0.4, 0.5) is 4.39 Å². The van der Waals surface area contributed by atoms with Crippen molar-refractivity contribution in [2.45, 2.75) is 26.2 Å². The quantitative estimate of drug-likeness (QED) is 0.734. The van der Waals surface area contributed by atoms with Gasteiger partial charge in [0.1, 0.15) is 5.82 Å². The van der Waals surface area contributed by atoms with Crippen molar-refractivity contribution in [1.29, 1.82) is 0 Å². The molecule has 4 nitrogen and oxygen atoms in total. The summed E-state index contributed by atoms with van der Waals surface area (Å²) in [4.78, 5) is 15.1. The van der Waals surface area contributed by atoms with Gasteiger partial charge < -0.3 is 15.4 Å². The van der Waals surface area contributed by atoms with Gasteiger partial charge >= 0.3 is 0 Å². The molecule has 1 aromatic heterocycles. The molecule has 1 aromatic carbocycles. The first-order valence-electron chi connectivity index (χ1n) is 7.32. The minimum absolute atomic E-state index is 0.113.